The number of ether oxygens (including phenoxy) is 2. The molecular formula is C23H27NO6. The fourth-order valence-corrected chi connectivity index (χ4v) is 2.82. The van der Waals surface area contributed by atoms with Crippen LogP contribution in [0.25, 0.3) is 0 Å². The lowest BCUT2D eigenvalue weighted by atomic mass is 10.0. The molecule has 0 heterocycles. The Morgan fingerprint density at radius 3 is 2.03 bits per heavy atom. The van der Waals surface area contributed by atoms with Crippen molar-refractivity contribution in [3.05, 3.63) is 71.8 Å². The molecule has 0 bridgehead atoms. The Hall–Kier alpha value is -3.35. The van der Waals surface area contributed by atoms with Gasteiger partial charge in [-0.2, -0.15) is 0 Å². The third-order valence-corrected chi connectivity index (χ3v) is 4.29. The lowest BCUT2D eigenvalue weighted by molar-refractivity contribution is -0.165. The van der Waals surface area contributed by atoms with Crippen LogP contribution in [0.3, 0.4) is 0 Å². The van der Waals surface area contributed by atoms with Gasteiger partial charge in [-0.15, -0.1) is 0 Å². The van der Waals surface area contributed by atoms with E-state index in [1.165, 1.54) is 0 Å². The Kier molecular flexibility index (Phi) is 8.87. The van der Waals surface area contributed by atoms with Gasteiger partial charge in [-0.05, 0) is 23.5 Å². The lowest BCUT2D eigenvalue weighted by Gasteiger charge is -2.22. The molecule has 0 radical (unpaired) electrons. The quantitative estimate of drug-likeness (QED) is 0.578. The van der Waals surface area contributed by atoms with Gasteiger partial charge in [0, 0.05) is 6.42 Å². The third kappa shape index (κ3) is 7.95. The molecule has 0 aliphatic carbocycles. The van der Waals surface area contributed by atoms with E-state index in [1.54, 1.807) is 24.3 Å². The first-order valence-corrected chi connectivity index (χ1v) is 9.79. The zero-order valence-corrected chi connectivity index (χ0v) is 17.1. The van der Waals surface area contributed by atoms with Gasteiger partial charge in [-0.3, -0.25) is 0 Å². The summed E-state index contributed by atoms with van der Waals surface area (Å²) in [7, 11) is 0. The Morgan fingerprint density at radius 2 is 1.50 bits per heavy atom. The van der Waals surface area contributed by atoms with Gasteiger partial charge in [0.15, 0.2) is 0 Å². The molecule has 7 heteroatoms. The van der Waals surface area contributed by atoms with Crippen molar-refractivity contribution in [2.75, 3.05) is 0 Å². The molecule has 0 unspecified atom stereocenters. The van der Waals surface area contributed by atoms with Crippen LogP contribution in [0.4, 0.5) is 4.79 Å². The average Bonchev–Trinajstić information content (AvgIpc) is 2.72. The van der Waals surface area contributed by atoms with E-state index < -0.39 is 30.2 Å². The van der Waals surface area contributed by atoms with Crippen LogP contribution in [0, 0.1) is 5.92 Å². The summed E-state index contributed by atoms with van der Waals surface area (Å²) < 4.78 is 10.4. The molecular weight excluding hydrogens is 386 g/mol. The van der Waals surface area contributed by atoms with Crippen molar-refractivity contribution in [1.82, 2.24) is 5.32 Å². The molecule has 2 N–H and O–H groups in total. The third-order valence-electron chi connectivity index (χ3n) is 4.29. The number of benzene rings is 2. The fraction of sp³-hybridized carbons (Fsp3) is 0.348. The van der Waals surface area contributed by atoms with E-state index in [1.807, 2.05) is 50.2 Å². The van der Waals surface area contributed by atoms with Gasteiger partial charge in [0.25, 0.3) is 0 Å². The number of carboxylic acids is 1. The van der Waals surface area contributed by atoms with Gasteiger partial charge >= 0.3 is 18.0 Å². The van der Waals surface area contributed by atoms with Gasteiger partial charge in [0.2, 0.25) is 6.10 Å². The topological polar surface area (TPSA) is 102 Å². The Balaban J connectivity index is 1.98. The predicted molar refractivity (Wildman–Crippen MR) is 111 cm³/mol. The SMILES string of the molecule is CC(C)C[C@H](NC(=O)OCc1ccccc1)C(=O)O[C@@H](Cc1ccccc1)C(=O)O. The van der Waals surface area contributed by atoms with Gasteiger partial charge in [-0.25, -0.2) is 14.4 Å². The highest BCUT2D eigenvalue weighted by molar-refractivity contribution is 5.84. The van der Waals surface area contributed by atoms with Crippen LogP contribution in [-0.4, -0.2) is 35.3 Å². The number of hydrogen-bond donors (Lipinski definition) is 2. The van der Waals surface area contributed by atoms with Gasteiger partial charge in [0.05, 0.1) is 0 Å². The summed E-state index contributed by atoms with van der Waals surface area (Å²) in [5, 5.41) is 11.9. The molecule has 0 aliphatic rings. The van der Waals surface area contributed by atoms with Crippen LogP contribution in [0.2, 0.25) is 0 Å². The number of amides is 1. The molecule has 0 spiro atoms. The number of carboxylic acid groups (broad SMARTS) is 1. The summed E-state index contributed by atoms with van der Waals surface area (Å²) in [6, 6.07) is 17.0. The van der Waals surface area contributed by atoms with Crippen LogP contribution in [-0.2, 0) is 32.1 Å². The summed E-state index contributed by atoms with van der Waals surface area (Å²) in [6.45, 7) is 3.83. The van der Waals surface area contributed by atoms with E-state index in [0.29, 0.717) is 0 Å². The molecule has 2 aromatic rings. The van der Waals surface area contributed by atoms with E-state index in [-0.39, 0.29) is 25.4 Å². The molecule has 2 atom stereocenters. The highest BCUT2D eigenvalue weighted by Crippen LogP contribution is 2.12. The first-order valence-electron chi connectivity index (χ1n) is 9.79. The minimum absolute atomic E-state index is 0.0365. The van der Waals surface area contributed by atoms with E-state index in [9.17, 15) is 19.5 Å². The second-order valence-corrected chi connectivity index (χ2v) is 7.34. The second kappa shape index (κ2) is 11.6. The zero-order chi connectivity index (χ0) is 21.9. The van der Waals surface area contributed by atoms with Crippen LogP contribution in [0.15, 0.2) is 60.7 Å². The standard InChI is InChI=1S/C23H27NO6/c1-16(2)13-19(24-23(28)29-15-18-11-7-4-8-12-18)22(27)30-20(21(25)26)14-17-9-5-3-6-10-17/h3-12,16,19-20H,13-15H2,1-2H3,(H,24,28)(H,25,26)/t19-,20-/m0/s1. The van der Waals surface area contributed by atoms with Crippen molar-refractivity contribution in [3.63, 3.8) is 0 Å². The molecule has 0 fully saturated rings. The molecule has 30 heavy (non-hydrogen) atoms. The number of nitrogens with one attached hydrogen (secondary N) is 1. The minimum Gasteiger partial charge on any atom is -0.478 e. The zero-order valence-electron chi connectivity index (χ0n) is 17.1. The van der Waals surface area contributed by atoms with E-state index in [2.05, 4.69) is 5.32 Å². The van der Waals surface area contributed by atoms with E-state index in [4.69, 9.17) is 9.47 Å². The van der Waals surface area contributed by atoms with Crippen LogP contribution < -0.4 is 5.32 Å². The van der Waals surface area contributed by atoms with Crippen LogP contribution >= 0.6 is 0 Å². The Morgan fingerprint density at radius 1 is 0.933 bits per heavy atom. The maximum atomic E-state index is 12.6. The maximum Gasteiger partial charge on any atom is 0.408 e. The number of rotatable bonds is 10. The smallest absolute Gasteiger partial charge is 0.408 e. The summed E-state index contributed by atoms with van der Waals surface area (Å²) in [6.07, 6.45) is -1.79. The molecule has 1 amide bonds. The number of alkyl carbamates (subject to hydrolysis) is 1. The summed E-state index contributed by atoms with van der Waals surface area (Å²) in [4.78, 5) is 36.4. The highest BCUT2D eigenvalue weighted by atomic mass is 16.6. The Labute approximate surface area is 176 Å². The number of aliphatic carboxylic acids is 1. The molecule has 2 rings (SSSR count). The first kappa shape index (κ1) is 22.9. The van der Waals surface area contributed by atoms with Crippen molar-refractivity contribution in [3.8, 4) is 0 Å². The summed E-state index contributed by atoms with van der Waals surface area (Å²) >= 11 is 0. The monoisotopic (exact) mass is 413 g/mol. The number of esters is 1. The highest BCUT2D eigenvalue weighted by Gasteiger charge is 2.29. The number of hydrogen-bond acceptors (Lipinski definition) is 5. The van der Waals surface area contributed by atoms with E-state index >= 15 is 0 Å². The average molecular weight is 413 g/mol. The van der Waals surface area contributed by atoms with Gasteiger partial charge in [0.1, 0.15) is 12.6 Å². The molecule has 7 nitrogen and oxygen atoms in total. The second-order valence-electron chi connectivity index (χ2n) is 7.34. The Bertz CT molecular complexity index is 822. The van der Waals surface area contributed by atoms with Crippen LogP contribution in [0.1, 0.15) is 31.4 Å². The maximum absolute atomic E-state index is 12.6. The number of carbonyl (C=O) groups is 3. The molecule has 0 saturated carbocycles. The molecule has 0 saturated heterocycles. The molecule has 0 aromatic heterocycles. The molecule has 160 valence electrons. The van der Waals surface area contributed by atoms with Crippen LogP contribution in [0.5, 0.6) is 0 Å². The van der Waals surface area contributed by atoms with Crippen molar-refractivity contribution in [2.45, 2.75) is 45.4 Å². The van der Waals surface area contributed by atoms with Gasteiger partial charge < -0.3 is 19.9 Å². The summed E-state index contributed by atoms with van der Waals surface area (Å²) in [5.41, 5.74) is 1.54. The van der Waals surface area contributed by atoms with E-state index in [0.717, 1.165) is 11.1 Å². The minimum atomic E-state index is -1.35. The molecule has 0 aliphatic heterocycles. The summed E-state index contributed by atoms with van der Waals surface area (Å²) in [5.74, 6) is -1.99. The predicted octanol–water partition coefficient (Wildman–Crippen LogP) is 3.57. The van der Waals surface area contributed by atoms with Crippen molar-refractivity contribution >= 4 is 18.0 Å². The van der Waals surface area contributed by atoms with Crippen molar-refractivity contribution in [1.29, 1.82) is 0 Å². The normalized spacial score (nSPS) is 12.6. The van der Waals surface area contributed by atoms with Gasteiger partial charge in [-0.1, -0.05) is 74.5 Å². The molecule has 2 aromatic carbocycles. The lowest BCUT2D eigenvalue weighted by Crippen LogP contribution is -2.45. The first-order chi connectivity index (χ1) is 14.3. The fourth-order valence-electron chi connectivity index (χ4n) is 2.82. The largest absolute Gasteiger partial charge is 0.478 e. The number of carbonyl (C=O) groups excluding carboxylic acids is 2. The van der Waals surface area contributed by atoms with Crippen molar-refractivity contribution < 1.29 is 29.0 Å². The van der Waals surface area contributed by atoms with Crippen molar-refractivity contribution in [2.24, 2.45) is 5.92 Å².